The number of alkyl halides is 2. The minimum atomic E-state index is -2.58. The molecule has 2 aromatic heterocycles. The maximum atomic E-state index is 13.7. The second kappa shape index (κ2) is 9.74. The zero-order chi connectivity index (χ0) is 26.5. The summed E-state index contributed by atoms with van der Waals surface area (Å²) in [6, 6.07) is 1.96. The van der Waals surface area contributed by atoms with E-state index in [-0.39, 0.29) is 29.1 Å². The third kappa shape index (κ3) is 4.51. The Hall–Kier alpha value is -2.94. The van der Waals surface area contributed by atoms with E-state index in [1.807, 2.05) is 0 Å². The van der Waals surface area contributed by atoms with Crippen LogP contribution in [0.5, 0.6) is 0 Å². The molecule has 14 heteroatoms. The highest BCUT2D eigenvalue weighted by Gasteiger charge is 2.55. The number of rotatable bonds is 8. The Morgan fingerprint density at radius 1 is 1.16 bits per heavy atom. The molecule has 2 N–H and O–H groups in total. The number of nitrogens with zero attached hydrogens (tertiary/aromatic N) is 4. The molecule has 9 nitrogen and oxygen atoms in total. The highest BCUT2D eigenvalue weighted by molar-refractivity contribution is 5.57. The van der Waals surface area contributed by atoms with Gasteiger partial charge in [0.2, 0.25) is 6.43 Å². The first kappa shape index (κ1) is 25.7. The van der Waals surface area contributed by atoms with Crippen LogP contribution in [0.1, 0.15) is 30.3 Å². The van der Waals surface area contributed by atoms with Gasteiger partial charge in [0.05, 0.1) is 30.0 Å². The second-order valence-corrected chi connectivity index (χ2v) is 9.25. The molecule has 3 heterocycles. The first-order chi connectivity index (χ1) is 17.7. The van der Waals surface area contributed by atoms with Gasteiger partial charge in [0.1, 0.15) is 35.8 Å². The van der Waals surface area contributed by atoms with Crippen LogP contribution in [0.2, 0.25) is 0 Å². The number of aliphatic hydroxyl groups is 2. The standard InChI is InChI=1S/C23H23F5N4O5/c1-35-21-15(6-11-7-17(30-37-11)23(2-3-23)22(27)28)36-16(9-33)20(34)19(21)32-8-14(29-31-32)10-4-12(24)18(26)13(25)5-10/h4-5,7-8,15-16,19-22,33-34H,2-3,6,9H2,1H3/t15-,16-,19+,20+,21+/m1/s1. The van der Waals surface area contributed by atoms with Crippen LogP contribution in [0.25, 0.3) is 11.3 Å². The van der Waals surface area contributed by atoms with Crippen LogP contribution in [-0.4, -0.2) is 74.9 Å². The van der Waals surface area contributed by atoms with Crippen molar-refractivity contribution >= 4 is 0 Å². The molecule has 0 radical (unpaired) electrons. The van der Waals surface area contributed by atoms with Gasteiger partial charge in [-0.25, -0.2) is 26.6 Å². The number of aliphatic hydroxyl groups excluding tert-OH is 2. The van der Waals surface area contributed by atoms with E-state index >= 15 is 0 Å². The first-order valence-corrected chi connectivity index (χ1v) is 11.5. The van der Waals surface area contributed by atoms with Crippen molar-refractivity contribution in [2.75, 3.05) is 13.7 Å². The zero-order valence-electron chi connectivity index (χ0n) is 19.4. The van der Waals surface area contributed by atoms with Crippen molar-refractivity contribution in [2.24, 2.45) is 0 Å². The van der Waals surface area contributed by atoms with E-state index < -0.39 is 66.4 Å². The summed E-state index contributed by atoms with van der Waals surface area (Å²) >= 11 is 0. The zero-order valence-corrected chi connectivity index (χ0v) is 19.4. The highest BCUT2D eigenvalue weighted by atomic mass is 19.3. The van der Waals surface area contributed by atoms with Gasteiger partial charge >= 0.3 is 0 Å². The lowest BCUT2D eigenvalue weighted by atomic mass is 9.90. The van der Waals surface area contributed by atoms with Crippen molar-refractivity contribution in [1.82, 2.24) is 20.2 Å². The SMILES string of the molecule is CO[C@@H]1[C@@H](n2cc(-c3cc(F)c(F)c(F)c3)nn2)[C@@H](O)[C@@H](CO)O[C@@H]1Cc1cc(C2(C(F)F)CC2)no1. The van der Waals surface area contributed by atoms with Crippen LogP contribution in [0.3, 0.4) is 0 Å². The van der Waals surface area contributed by atoms with Crippen LogP contribution in [0, 0.1) is 17.5 Å². The van der Waals surface area contributed by atoms with Crippen molar-refractivity contribution in [3.8, 4) is 11.3 Å². The van der Waals surface area contributed by atoms with E-state index in [2.05, 4.69) is 15.5 Å². The summed E-state index contributed by atoms with van der Waals surface area (Å²) in [5.41, 5.74) is -1.25. The Balaban J connectivity index is 1.42. The van der Waals surface area contributed by atoms with E-state index in [1.165, 1.54) is 24.1 Å². The topological polar surface area (TPSA) is 116 Å². The molecule has 5 atom stereocenters. The molecule has 0 bridgehead atoms. The molecule has 37 heavy (non-hydrogen) atoms. The number of methoxy groups -OCH3 is 1. The summed E-state index contributed by atoms with van der Waals surface area (Å²) in [5, 5.41) is 32.4. The monoisotopic (exact) mass is 530 g/mol. The summed E-state index contributed by atoms with van der Waals surface area (Å²) < 4.78 is 85.6. The van der Waals surface area contributed by atoms with Crippen LogP contribution in [0.4, 0.5) is 22.0 Å². The average Bonchev–Trinajstić information content (AvgIpc) is 3.31. The van der Waals surface area contributed by atoms with Gasteiger partial charge < -0.3 is 24.2 Å². The maximum Gasteiger partial charge on any atom is 0.249 e. The van der Waals surface area contributed by atoms with Crippen LogP contribution in [0.15, 0.2) is 28.9 Å². The molecule has 2 fully saturated rings. The third-order valence-corrected chi connectivity index (χ3v) is 7.01. The Labute approximate surface area is 206 Å². The summed E-state index contributed by atoms with van der Waals surface area (Å²) in [5.74, 6) is -4.19. The molecule has 1 aromatic carbocycles. The summed E-state index contributed by atoms with van der Waals surface area (Å²) in [6.07, 6.45) is -4.86. The second-order valence-electron chi connectivity index (χ2n) is 9.25. The van der Waals surface area contributed by atoms with Crippen LogP contribution < -0.4 is 0 Å². The third-order valence-electron chi connectivity index (χ3n) is 7.01. The number of benzene rings is 1. The lowest BCUT2D eigenvalue weighted by Crippen LogP contribution is -2.57. The Bertz CT molecular complexity index is 1240. The number of aromatic nitrogens is 4. The highest BCUT2D eigenvalue weighted by Crippen LogP contribution is 2.52. The normalized spacial score (nSPS) is 27.1. The number of halogens is 5. The van der Waals surface area contributed by atoms with Crippen molar-refractivity contribution in [3.05, 3.63) is 53.3 Å². The Kier molecular flexibility index (Phi) is 6.77. The van der Waals surface area contributed by atoms with Crippen LogP contribution >= 0.6 is 0 Å². The fraction of sp³-hybridized carbons (Fsp3) is 0.522. The Morgan fingerprint density at radius 3 is 2.46 bits per heavy atom. The van der Waals surface area contributed by atoms with Gasteiger partial charge in [-0.1, -0.05) is 10.4 Å². The molecule has 1 aliphatic carbocycles. The van der Waals surface area contributed by atoms with Gasteiger partial charge in [0.15, 0.2) is 17.5 Å². The van der Waals surface area contributed by atoms with Crippen molar-refractivity contribution in [2.45, 2.75) is 61.6 Å². The minimum Gasteiger partial charge on any atom is -0.394 e. The molecular weight excluding hydrogens is 507 g/mol. The number of ether oxygens (including phenoxy) is 2. The number of hydrogen-bond donors (Lipinski definition) is 2. The van der Waals surface area contributed by atoms with Crippen LogP contribution in [-0.2, 0) is 21.3 Å². The van der Waals surface area contributed by atoms with Gasteiger partial charge in [-0.15, -0.1) is 5.10 Å². The molecule has 3 aromatic rings. The molecule has 0 amide bonds. The van der Waals surface area contributed by atoms with Crippen molar-refractivity contribution in [3.63, 3.8) is 0 Å². The van der Waals surface area contributed by atoms with E-state index in [4.69, 9.17) is 14.0 Å². The van der Waals surface area contributed by atoms with Gasteiger partial charge in [0, 0.05) is 25.2 Å². The number of hydrogen-bond acceptors (Lipinski definition) is 8. The van der Waals surface area contributed by atoms with E-state index in [9.17, 15) is 32.2 Å². The molecule has 1 aliphatic heterocycles. The van der Waals surface area contributed by atoms with E-state index in [0.717, 1.165) is 12.1 Å². The van der Waals surface area contributed by atoms with Gasteiger partial charge in [-0.05, 0) is 25.0 Å². The molecule has 2 aliphatic rings. The average molecular weight is 530 g/mol. The summed E-state index contributed by atoms with van der Waals surface area (Å²) in [4.78, 5) is 0. The Morgan fingerprint density at radius 2 is 1.86 bits per heavy atom. The predicted octanol–water partition coefficient (Wildman–Crippen LogP) is 2.57. The molecule has 5 rings (SSSR count). The molecule has 1 saturated carbocycles. The molecule has 0 spiro atoms. The van der Waals surface area contributed by atoms with Crippen molar-refractivity contribution in [1.29, 1.82) is 0 Å². The van der Waals surface area contributed by atoms with Gasteiger partial charge in [0.25, 0.3) is 0 Å². The molecule has 0 unspecified atom stereocenters. The fourth-order valence-corrected chi connectivity index (χ4v) is 4.75. The lowest BCUT2D eigenvalue weighted by Gasteiger charge is -2.43. The predicted molar refractivity (Wildman–Crippen MR) is 114 cm³/mol. The molecule has 1 saturated heterocycles. The van der Waals surface area contributed by atoms with E-state index in [0.29, 0.717) is 12.8 Å². The molecular formula is C23H23F5N4O5. The molecule has 200 valence electrons. The lowest BCUT2D eigenvalue weighted by molar-refractivity contribution is -0.212. The largest absolute Gasteiger partial charge is 0.394 e. The summed E-state index contributed by atoms with van der Waals surface area (Å²) in [6.45, 7) is -0.573. The van der Waals surface area contributed by atoms with E-state index in [1.54, 1.807) is 0 Å². The summed E-state index contributed by atoms with van der Waals surface area (Å²) in [7, 11) is 1.35. The quantitative estimate of drug-likeness (QED) is 0.337. The minimum absolute atomic E-state index is 0.00921. The fourth-order valence-electron chi connectivity index (χ4n) is 4.75. The maximum absolute atomic E-state index is 13.7. The smallest absolute Gasteiger partial charge is 0.249 e. The van der Waals surface area contributed by atoms with Gasteiger partial charge in [-0.3, -0.25) is 0 Å². The van der Waals surface area contributed by atoms with Gasteiger partial charge in [-0.2, -0.15) is 0 Å². The van der Waals surface area contributed by atoms with Crippen molar-refractivity contribution < 1.29 is 46.2 Å². The first-order valence-electron chi connectivity index (χ1n) is 11.5.